The number of nitrogens with zero attached hydrogens (tertiary/aromatic N) is 2. The highest BCUT2D eigenvalue weighted by Crippen LogP contribution is 2.22. The van der Waals surface area contributed by atoms with Gasteiger partial charge < -0.3 is 19.9 Å². The number of methoxy groups -OCH3 is 1. The first-order chi connectivity index (χ1) is 11.7. The number of carbonyl (C=O) groups excluding carboxylic acids is 1. The maximum Gasteiger partial charge on any atom is 0.319 e. The highest BCUT2D eigenvalue weighted by molar-refractivity contribution is 5.90. The molecule has 128 valence electrons. The van der Waals surface area contributed by atoms with Gasteiger partial charge in [0, 0.05) is 37.8 Å². The molecule has 6 heteroatoms. The molecule has 2 amide bonds. The lowest BCUT2D eigenvalue weighted by molar-refractivity contribution is 0.0459. The van der Waals surface area contributed by atoms with Crippen LogP contribution in [0.15, 0.2) is 36.7 Å². The summed E-state index contributed by atoms with van der Waals surface area (Å²) in [5.74, 6) is 0.866. The van der Waals surface area contributed by atoms with Gasteiger partial charge in [-0.2, -0.15) is 0 Å². The summed E-state index contributed by atoms with van der Waals surface area (Å²) in [5.41, 5.74) is 1.71. The van der Waals surface area contributed by atoms with E-state index in [1.165, 1.54) is 0 Å². The fourth-order valence-corrected chi connectivity index (χ4v) is 3.26. The van der Waals surface area contributed by atoms with Gasteiger partial charge in [-0.1, -0.05) is 25.0 Å². The largest absolute Gasteiger partial charge is 0.379 e. The number of carbonyl (C=O) groups is 1. The van der Waals surface area contributed by atoms with Crippen molar-refractivity contribution in [2.24, 2.45) is 7.05 Å². The number of urea groups is 1. The van der Waals surface area contributed by atoms with Crippen LogP contribution in [-0.2, 0) is 11.8 Å². The van der Waals surface area contributed by atoms with E-state index in [-0.39, 0.29) is 18.2 Å². The summed E-state index contributed by atoms with van der Waals surface area (Å²) in [4.78, 5) is 16.6. The molecule has 0 bridgehead atoms. The Labute approximate surface area is 142 Å². The number of anilines is 1. The summed E-state index contributed by atoms with van der Waals surface area (Å²) in [6.07, 6.45) is 7.99. The minimum absolute atomic E-state index is 0.0708. The second-order valence-electron chi connectivity index (χ2n) is 6.21. The zero-order valence-corrected chi connectivity index (χ0v) is 14.2. The van der Waals surface area contributed by atoms with Gasteiger partial charge >= 0.3 is 6.03 Å². The summed E-state index contributed by atoms with van der Waals surface area (Å²) in [6.45, 7) is 0. The molecule has 0 saturated heterocycles. The molecule has 1 heterocycles. The van der Waals surface area contributed by atoms with Crippen molar-refractivity contribution < 1.29 is 9.53 Å². The third kappa shape index (κ3) is 3.76. The van der Waals surface area contributed by atoms with Gasteiger partial charge in [0.05, 0.1) is 12.1 Å². The zero-order valence-electron chi connectivity index (χ0n) is 14.2. The van der Waals surface area contributed by atoms with Crippen LogP contribution >= 0.6 is 0 Å². The van der Waals surface area contributed by atoms with E-state index in [1.807, 2.05) is 42.1 Å². The molecule has 1 aromatic carbocycles. The zero-order chi connectivity index (χ0) is 16.9. The first kappa shape index (κ1) is 16.5. The lowest BCUT2D eigenvalue weighted by Gasteiger charge is -2.31. The summed E-state index contributed by atoms with van der Waals surface area (Å²) in [5, 5.41) is 5.95. The average Bonchev–Trinajstić information content (AvgIpc) is 3.01. The average molecular weight is 328 g/mol. The number of ether oxygens (including phenoxy) is 1. The predicted octanol–water partition coefficient (Wildman–Crippen LogP) is 3.17. The Morgan fingerprint density at radius 2 is 2.17 bits per heavy atom. The fourth-order valence-electron chi connectivity index (χ4n) is 3.26. The Morgan fingerprint density at radius 3 is 2.92 bits per heavy atom. The Balaban J connectivity index is 1.65. The smallest absolute Gasteiger partial charge is 0.319 e. The van der Waals surface area contributed by atoms with Gasteiger partial charge in [-0.3, -0.25) is 0 Å². The van der Waals surface area contributed by atoms with Crippen LogP contribution in [0.5, 0.6) is 0 Å². The van der Waals surface area contributed by atoms with Crippen molar-refractivity contribution in [3.63, 3.8) is 0 Å². The van der Waals surface area contributed by atoms with Gasteiger partial charge in [-0.05, 0) is 25.0 Å². The van der Waals surface area contributed by atoms with E-state index in [0.29, 0.717) is 0 Å². The molecule has 6 nitrogen and oxygen atoms in total. The molecule has 2 N–H and O–H groups in total. The van der Waals surface area contributed by atoms with Gasteiger partial charge in [-0.25, -0.2) is 9.78 Å². The first-order valence-electron chi connectivity index (χ1n) is 8.35. The number of nitrogens with one attached hydrogen (secondary N) is 2. The number of amides is 2. The van der Waals surface area contributed by atoms with Gasteiger partial charge in [0.25, 0.3) is 0 Å². The predicted molar refractivity (Wildman–Crippen MR) is 93.9 cm³/mol. The second-order valence-corrected chi connectivity index (χ2v) is 6.21. The Kier molecular flexibility index (Phi) is 5.15. The molecule has 0 aliphatic heterocycles. The number of aromatic nitrogens is 2. The van der Waals surface area contributed by atoms with Gasteiger partial charge in [0.1, 0.15) is 5.82 Å². The molecule has 1 aliphatic rings. The normalized spacial score (nSPS) is 20.6. The van der Waals surface area contributed by atoms with E-state index in [1.54, 1.807) is 13.3 Å². The summed E-state index contributed by atoms with van der Waals surface area (Å²) in [6, 6.07) is 7.57. The lowest BCUT2D eigenvalue weighted by atomic mass is 9.92. The number of benzene rings is 1. The van der Waals surface area contributed by atoms with E-state index in [9.17, 15) is 4.79 Å². The van der Waals surface area contributed by atoms with Crippen LogP contribution in [0.25, 0.3) is 11.4 Å². The molecule has 2 aromatic rings. The van der Waals surface area contributed by atoms with Crippen LogP contribution in [0, 0.1) is 0 Å². The van der Waals surface area contributed by atoms with Gasteiger partial charge in [0.2, 0.25) is 0 Å². The lowest BCUT2D eigenvalue weighted by Crippen LogP contribution is -2.47. The molecular weight excluding hydrogens is 304 g/mol. The summed E-state index contributed by atoms with van der Waals surface area (Å²) >= 11 is 0. The molecule has 24 heavy (non-hydrogen) atoms. The van der Waals surface area contributed by atoms with Crippen molar-refractivity contribution in [1.29, 1.82) is 0 Å². The van der Waals surface area contributed by atoms with Crippen LogP contribution < -0.4 is 10.6 Å². The molecule has 1 fully saturated rings. The van der Waals surface area contributed by atoms with E-state index in [0.717, 1.165) is 42.8 Å². The Bertz CT molecular complexity index is 698. The van der Waals surface area contributed by atoms with Gasteiger partial charge in [-0.15, -0.1) is 0 Å². The number of hydrogen-bond acceptors (Lipinski definition) is 3. The van der Waals surface area contributed by atoms with E-state index >= 15 is 0 Å². The minimum atomic E-state index is -0.194. The fraction of sp³-hybridized carbons (Fsp3) is 0.444. The number of imidazole rings is 1. The topological polar surface area (TPSA) is 68.2 Å². The van der Waals surface area contributed by atoms with E-state index in [4.69, 9.17) is 4.74 Å². The third-order valence-electron chi connectivity index (χ3n) is 4.52. The summed E-state index contributed by atoms with van der Waals surface area (Å²) in [7, 11) is 3.65. The molecule has 1 aliphatic carbocycles. The summed E-state index contributed by atoms with van der Waals surface area (Å²) < 4.78 is 7.43. The van der Waals surface area contributed by atoms with E-state index in [2.05, 4.69) is 15.6 Å². The number of hydrogen-bond donors (Lipinski definition) is 2. The molecule has 2 atom stereocenters. The van der Waals surface area contributed by atoms with Crippen LogP contribution in [-0.4, -0.2) is 34.8 Å². The molecule has 0 spiro atoms. The molecule has 3 rings (SSSR count). The van der Waals surface area contributed by atoms with Crippen LogP contribution in [0.4, 0.5) is 10.5 Å². The highest BCUT2D eigenvalue weighted by atomic mass is 16.5. The molecule has 0 unspecified atom stereocenters. The van der Waals surface area contributed by atoms with Crippen molar-refractivity contribution in [3.05, 3.63) is 36.7 Å². The minimum Gasteiger partial charge on any atom is -0.379 e. The molecular formula is C18H24N4O2. The van der Waals surface area contributed by atoms with Crippen molar-refractivity contribution in [1.82, 2.24) is 14.9 Å². The van der Waals surface area contributed by atoms with E-state index < -0.39 is 0 Å². The van der Waals surface area contributed by atoms with Crippen molar-refractivity contribution >= 4 is 11.7 Å². The Morgan fingerprint density at radius 1 is 1.33 bits per heavy atom. The number of rotatable bonds is 4. The van der Waals surface area contributed by atoms with Gasteiger partial charge in [0.15, 0.2) is 0 Å². The van der Waals surface area contributed by atoms with Crippen molar-refractivity contribution in [3.8, 4) is 11.4 Å². The van der Waals surface area contributed by atoms with Crippen molar-refractivity contribution in [2.75, 3.05) is 12.4 Å². The van der Waals surface area contributed by atoms with Crippen molar-refractivity contribution in [2.45, 2.75) is 37.8 Å². The monoisotopic (exact) mass is 328 g/mol. The highest BCUT2D eigenvalue weighted by Gasteiger charge is 2.26. The van der Waals surface area contributed by atoms with Crippen LogP contribution in [0.3, 0.4) is 0 Å². The maximum atomic E-state index is 12.3. The second kappa shape index (κ2) is 7.49. The standard InChI is InChI=1S/C18H24N4O2/c1-22-11-10-19-17(22)13-6-5-7-14(12-13)20-18(23)21-15-8-3-4-9-16(15)24-2/h5-7,10-12,15-16H,3-4,8-9H2,1-2H3,(H2,20,21,23)/t15-,16+/m1/s1. The van der Waals surface area contributed by atoms with Crippen LogP contribution in [0.1, 0.15) is 25.7 Å². The number of aryl methyl sites for hydroxylation is 1. The first-order valence-corrected chi connectivity index (χ1v) is 8.35. The molecule has 0 radical (unpaired) electrons. The molecule has 1 aromatic heterocycles. The quantitative estimate of drug-likeness (QED) is 0.906. The SMILES string of the molecule is CO[C@H]1CCCC[C@H]1NC(=O)Nc1cccc(-c2nccn2C)c1. The van der Waals surface area contributed by atoms with Crippen LogP contribution in [0.2, 0.25) is 0 Å². The Hall–Kier alpha value is -2.34. The maximum absolute atomic E-state index is 12.3. The third-order valence-corrected chi connectivity index (χ3v) is 4.52. The molecule has 1 saturated carbocycles.